The van der Waals surface area contributed by atoms with Crippen LogP contribution in [0, 0.1) is 16.3 Å². The van der Waals surface area contributed by atoms with Gasteiger partial charge in [-0.3, -0.25) is 0 Å². The summed E-state index contributed by atoms with van der Waals surface area (Å²) < 4.78 is 26.9. The second kappa shape index (κ2) is 4.79. The zero-order valence-electron chi connectivity index (χ0n) is 9.96. The second-order valence-corrected chi connectivity index (χ2v) is 4.82. The molecule has 0 radical (unpaired) electrons. The van der Waals surface area contributed by atoms with E-state index in [1.807, 2.05) is 0 Å². The van der Waals surface area contributed by atoms with Crippen LogP contribution in [-0.4, -0.2) is 16.5 Å². The fraction of sp³-hybridized carbons (Fsp3) is 0.231. The van der Waals surface area contributed by atoms with Gasteiger partial charge >= 0.3 is 0 Å². The Hall–Kier alpha value is -1.66. The molecule has 0 atom stereocenters. The molecule has 0 bridgehead atoms. The van der Waals surface area contributed by atoms with Crippen LogP contribution in [0.5, 0.6) is 0 Å². The first-order chi connectivity index (χ1) is 9.13. The molecule has 2 N–H and O–H groups in total. The minimum absolute atomic E-state index is 0.366. The Kier molecular flexibility index (Phi) is 3.12. The maximum absolute atomic E-state index is 13.2. The number of aromatic nitrogens is 2. The fourth-order valence-electron chi connectivity index (χ4n) is 2.19. The highest BCUT2D eigenvalue weighted by Crippen LogP contribution is 2.21. The van der Waals surface area contributed by atoms with Gasteiger partial charge in [0.2, 0.25) is 0 Å². The lowest BCUT2D eigenvalue weighted by molar-refractivity contribution is 0.583. The van der Waals surface area contributed by atoms with Crippen molar-refractivity contribution in [1.82, 2.24) is 15.3 Å². The first-order valence-electron chi connectivity index (χ1n) is 5.93. The van der Waals surface area contributed by atoms with E-state index in [0.29, 0.717) is 22.6 Å². The Labute approximate surface area is 113 Å². The van der Waals surface area contributed by atoms with Gasteiger partial charge in [-0.25, -0.2) is 13.8 Å². The van der Waals surface area contributed by atoms with E-state index in [4.69, 9.17) is 12.2 Å². The SMILES string of the molecule is Fc1cc(F)cc(-c2nc(=S)c3c([nH]2)CCNC3)c1. The highest BCUT2D eigenvalue weighted by atomic mass is 32.1. The topological polar surface area (TPSA) is 40.7 Å². The largest absolute Gasteiger partial charge is 0.343 e. The Bertz CT molecular complexity index is 677. The minimum Gasteiger partial charge on any atom is -0.343 e. The number of hydrogen-bond acceptors (Lipinski definition) is 3. The Morgan fingerprint density at radius 1 is 1.16 bits per heavy atom. The molecular formula is C13H11F2N3S. The number of aromatic amines is 1. The molecule has 1 aromatic carbocycles. The number of rotatable bonds is 1. The number of benzene rings is 1. The van der Waals surface area contributed by atoms with Crippen molar-refractivity contribution in [3.05, 3.63) is 45.7 Å². The van der Waals surface area contributed by atoms with Gasteiger partial charge in [-0.15, -0.1) is 0 Å². The number of nitrogens with one attached hydrogen (secondary N) is 2. The van der Waals surface area contributed by atoms with Gasteiger partial charge in [-0.1, -0.05) is 12.2 Å². The van der Waals surface area contributed by atoms with Crippen molar-refractivity contribution in [1.29, 1.82) is 0 Å². The normalized spacial score (nSPS) is 14.2. The molecule has 98 valence electrons. The number of nitrogens with zero attached hydrogens (tertiary/aromatic N) is 1. The van der Waals surface area contributed by atoms with Crippen LogP contribution < -0.4 is 5.32 Å². The van der Waals surface area contributed by atoms with Crippen LogP contribution in [0.4, 0.5) is 8.78 Å². The third-order valence-electron chi connectivity index (χ3n) is 3.09. The molecule has 0 unspecified atom stereocenters. The van der Waals surface area contributed by atoms with Crippen molar-refractivity contribution in [2.75, 3.05) is 6.54 Å². The predicted molar refractivity (Wildman–Crippen MR) is 70.2 cm³/mol. The highest BCUT2D eigenvalue weighted by Gasteiger charge is 2.14. The van der Waals surface area contributed by atoms with Crippen molar-refractivity contribution < 1.29 is 8.78 Å². The summed E-state index contributed by atoms with van der Waals surface area (Å²) in [7, 11) is 0. The highest BCUT2D eigenvalue weighted by molar-refractivity contribution is 7.71. The summed E-state index contributed by atoms with van der Waals surface area (Å²) in [6, 6.07) is 3.31. The third kappa shape index (κ3) is 2.41. The van der Waals surface area contributed by atoms with Crippen molar-refractivity contribution >= 4 is 12.2 Å². The van der Waals surface area contributed by atoms with Gasteiger partial charge in [0.1, 0.15) is 22.1 Å². The molecule has 0 saturated carbocycles. The van der Waals surface area contributed by atoms with Gasteiger partial charge in [0.05, 0.1) is 0 Å². The van der Waals surface area contributed by atoms with Crippen molar-refractivity contribution in [2.24, 2.45) is 0 Å². The lowest BCUT2D eigenvalue weighted by Gasteiger charge is -2.17. The molecule has 0 aliphatic carbocycles. The Balaban J connectivity index is 2.15. The van der Waals surface area contributed by atoms with Crippen LogP contribution in [0.25, 0.3) is 11.4 Å². The summed E-state index contributed by atoms with van der Waals surface area (Å²) >= 11 is 5.23. The van der Waals surface area contributed by atoms with Crippen LogP contribution in [0.15, 0.2) is 18.2 Å². The number of fused-ring (bicyclic) bond motifs is 1. The maximum Gasteiger partial charge on any atom is 0.139 e. The number of hydrogen-bond donors (Lipinski definition) is 2. The van der Waals surface area contributed by atoms with Gasteiger partial charge in [0.15, 0.2) is 0 Å². The first-order valence-corrected chi connectivity index (χ1v) is 6.33. The predicted octanol–water partition coefficient (Wildman–Crippen LogP) is 2.73. The van der Waals surface area contributed by atoms with Crippen LogP contribution >= 0.6 is 12.2 Å². The molecule has 6 heteroatoms. The molecule has 19 heavy (non-hydrogen) atoms. The average molecular weight is 279 g/mol. The summed E-state index contributed by atoms with van der Waals surface area (Å²) in [5.74, 6) is -0.852. The quantitative estimate of drug-likeness (QED) is 0.789. The molecule has 0 saturated heterocycles. The molecule has 1 aromatic heterocycles. The molecule has 0 spiro atoms. The first kappa shape index (κ1) is 12.4. The molecule has 1 aliphatic heterocycles. The monoisotopic (exact) mass is 279 g/mol. The van der Waals surface area contributed by atoms with Crippen molar-refractivity contribution in [3.63, 3.8) is 0 Å². The van der Waals surface area contributed by atoms with E-state index in [9.17, 15) is 8.78 Å². The summed E-state index contributed by atoms with van der Waals surface area (Å²) in [6.45, 7) is 1.52. The molecule has 0 amide bonds. The van der Waals surface area contributed by atoms with Crippen LogP contribution in [0.2, 0.25) is 0 Å². The fourth-order valence-corrected chi connectivity index (χ4v) is 2.48. The van der Waals surface area contributed by atoms with Gasteiger partial charge in [0.25, 0.3) is 0 Å². The van der Waals surface area contributed by atoms with Gasteiger partial charge in [0, 0.05) is 42.4 Å². The van der Waals surface area contributed by atoms with Gasteiger partial charge in [-0.2, -0.15) is 0 Å². The third-order valence-corrected chi connectivity index (χ3v) is 3.43. The van der Waals surface area contributed by atoms with Crippen molar-refractivity contribution in [3.8, 4) is 11.4 Å². The summed E-state index contributed by atoms with van der Waals surface area (Å²) in [6.07, 6.45) is 0.798. The van der Waals surface area contributed by atoms with Crippen molar-refractivity contribution in [2.45, 2.75) is 13.0 Å². The zero-order chi connectivity index (χ0) is 13.4. The Morgan fingerprint density at radius 2 is 1.89 bits per heavy atom. The molecule has 2 aromatic rings. The molecular weight excluding hydrogens is 268 g/mol. The van der Waals surface area contributed by atoms with E-state index >= 15 is 0 Å². The molecule has 0 fully saturated rings. The van der Waals surface area contributed by atoms with Gasteiger partial charge < -0.3 is 10.3 Å². The van der Waals surface area contributed by atoms with Crippen LogP contribution in [-0.2, 0) is 13.0 Å². The molecule has 1 aliphatic rings. The molecule has 3 rings (SSSR count). The summed E-state index contributed by atoms with van der Waals surface area (Å²) in [5, 5.41) is 3.21. The lowest BCUT2D eigenvalue weighted by Crippen LogP contribution is -2.25. The second-order valence-electron chi connectivity index (χ2n) is 4.43. The average Bonchev–Trinajstić information content (AvgIpc) is 2.37. The van der Waals surface area contributed by atoms with Crippen LogP contribution in [0.1, 0.15) is 11.3 Å². The number of H-pyrrole nitrogens is 1. The summed E-state index contributed by atoms with van der Waals surface area (Å²) in [4.78, 5) is 7.35. The zero-order valence-corrected chi connectivity index (χ0v) is 10.8. The van der Waals surface area contributed by atoms with E-state index in [2.05, 4.69) is 15.3 Å². The number of halogens is 2. The van der Waals surface area contributed by atoms with Gasteiger partial charge in [-0.05, 0) is 12.1 Å². The standard InChI is InChI=1S/C13H11F2N3S/c14-8-3-7(4-9(15)5-8)12-17-11-1-2-16-6-10(11)13(19)18-12/h3-5,16H,1-2,6H2,(H,17,18,19). The van der Waals surface area contributed by atoms with E-state index in [1.54, 1.807) is 0 Å². The Morgan fingerprint density at radius 3 is 2.63 bits per heavy atom. The van der Waals surface area contributed by atoms with Crippen LogP contribution in [0.3, 0.4) is 0 Å². The summed E-state index contributed by atoms with van der Waals surface area (Å²) in [5.41, 5.74) is 2.31. The van der Waals surface area contributed by atoms with E-state index in [1.165, 1.54) is 12.1 Å². The maximum atomic E-state index is 13.2. The minimum atomic E-state index is -0.629. The molecule has 2 heterocycles. The van der Waals surface area contributed by atoms with E-state index < -0.39 is 11.6 Å². The smallest absolute Gasteiger partial charge is 0.139 e. The van der Waals surface area contributed by atoms with E-state index in [0.717, 1.165) is 30.3 Å². The molecule has 3 nitrogen and oxygen atoms in total. The van der Waals surface area contributed by atoms with E-state index in [-0.39, 0.29) is 0 Å². The lowest BCUT2D eigenvalue weighted by atomic mass is 10.1.